The summed E-state index contributed by atoms with van der Waals surface area (Å²) < 4.78 is 1.08. The molecule has 0 aliphatic carbocycles. The van der Waals surface area contributed by atoms with Crippen molar-refractivity contribution in [3.8, 4) is 6.07 Å². The number of hydrogen-bond acceptors (Lipinski definition) is 6. The number of fused-ring (bicyclic) bond motifs is 2. The van der Waals surface area contributed by atoms with Crippen LogP contribution in [0.1, 0.15) is 38.4 Å². The van der Waals surface area contributed by atoms with Crippen molar-refractivity contribution in [3.63, 3.8) is 0 Å². The summed E-state index contributed by atoms with van der Waals surface area (Å²) in [6.45, 7) is 7.11. The van der Waals surface area contributed by atoms with Crippen molar-refractivity contribution in [1.29, 1.82) is 5.26 Å². The number of nitrogens with zero attached hydrogens (tertiary/aromatic N) is 4. The number of nitriles is 1. The van der Waals surface area contributed by atoms with Crippen LogP contribution < -0.4 is 10.6 Å². The number of rotatable bonds is 3. The summed E-state index contributed by atoms with van der Waals surface area (Å²) in [6.07, 6.45) is 4.40. The third-order valence-electron chi connectivity index (χ3n) is 5.70. The van der Waals surface area contributed by atoms with Crippen LogP contribution in [-0.4, -0.2) is 44.5 Å². The van der Waals surface area contributed by atoms with Crippen molar-refractivity contribution in [2.45, 2.75) is 32.7 Å². The van der Waals surface area contributed by atoms with E-state index in [0.29, 0.717) is 24.3 Å². The monoisotopic (exact) mass is 471 g/mol. The first-order valence-corrected chi connectivity index (χ1v) is 12.0. The average molecular weight is 472 g/mol. The first-order chi connectivity index (χ1) is 16.3. The van der Waals surface area contributed by atoms with Crippen LogP contribution in [0.25, 0.3) is 26.8 Å². The van der Waals surface area contributed by atoms with E-state index in [9.17, 15) is 10.1 Å². The molecule has 1 aromatic carbocycles. The average Bonchev–Trinajstić information content (AvgIpc) is 3.45. The highest BCUT2D eigenvalue weighted by Crippen LogP contribution is 2.33. The predicted molar refractivity (Wildman–Crippen MR) is 136 cm³/mol. The molecule has 5 rings (SSSR count). The smallest absolute Gasteiger partial charge is 0.318 e. The van der Waals surface area contributed by atoms with Crippen LogP contribution in [0.3, 0.4) is 0 Å². The lowest BCUT2D eigenvalue weighted by Gasteiger charge is -2.30. The quantitative estimate of drug-likeness (QED) is 0.371. The number of aromatic amines is 1. The van der Waals surface area contributed by atoms with Crippen molar-refractivity contribution < 1.29 is 4.79 Å². The number of thiazole rings is 1. The Kier molecular flexibility index (Phi) is 5.46. The van der Waals surface area contributed by atoms with Crippen molar-refractivity contribution >= 4 is 55.6 Å². The van der Waals surface area contributed by atoms with E-state index in [1.807, 2.05) is 55.4 Å². The summed E-state index contributed by atoms with van der Waals surface area (Å²) in [5.74, 6) is 0. The maximum Gasteiger partial charge on any atom is 0.318 e. The fourth-order valence-electron chi connectivity index (χ4n) is 4.04. The topological polar surface area (TPSA) is 110 Å². The molecule has 8 nitrogen and oxygen atoms in total. The molecular formula is C25H25N7OS. The van der Waals surface area contributed by atoms with Crippen LogP contribution in [0.15, 0.2) is 42.0 Å². The lowest BCUT2D eigenvalue weighted by atomic mass is 10.0. The van der Waals surface area contributed by atoms with Gasteiger partial charge in [0, 0.05) is 41.6 Å². The SMILES string of the molecule is CC(C)(C)NC(=O)N1CC=C(c2cc3c(Nc4ccc5ncsc5c4)c(C#N)cnc3[nH]2)CC1. The molecule has 0 fully saturated rings. The molecule has 0 bridgehead atoms. The van der Waals surface area contributed by atoms with Crippen LogP contribution >= 0.6 is 11.3 Å². The first kappa shape index (κ1) is 21.9. The highest BCUT2D eigenvalue weighted by molar-refractivity contribution is 7.16. The van der Waals surface area contributed by atoms with Gasteiger partial charge in [-0.3, -0.25) is 0 Å². The van der Waals surface area contributed by atoms with Gasteiger partial charge in [0.15, 0.2) is 0 Å². The Morgan fingerprint density at radius 2 is 2.12 bits per heavy atom. The molecule has 1 aliphatic heterocycles. The van der Waals surface area contributed by atoms with E-state index in [2.05, 4.69) is 37.7 Å². The van der Waals surface area contributed by atoms with Crippen LogP contribution in [0.2, 0.25) is 0 Å². The van der Waals surface area contributed by atoms with E-state index in [4.69, 9.17) is 0 Å². The fourth-order valence-corrected chi connectivity index (χ4v) is 4.76. The number of aromatic nitrogens is 3. The van der Waals surface area contributed by atoms with Gasteiger partial charge in [-0.15, -0.1) is 11.3 Å². The van der Waals surface area contributed by atoms with Gasteiger partial charge in [0.05, 0.1) is 27.0 Å². The zero-order chi connectivity index (χ0) is 23.9. The zero-order valence-corrected chi connectivity index (χ0v) is 20.1. The number of pyridine rings is 1. The lowest BCUT2D eigenvalue weighted by molar-refractivity contribution is 0.193. The van der Waals surface area contributed by atoms with Crippen LogP contribution in [-0.2, 0) is 0 Å². The van der Waals surface area contributed by atoms with Crippen molar-refractivity contribution in [2.75, 3.05) is 18.4 Å². The van der Waals surface area contributed by atoms with E-state index in [1.165, 1.54) is 0 Å². The molecule has 0 saturated carbocycles. The minimum Gasteiger partial charge on any atom is -0.354 e. The van der Waals surface area contributed by atoms with E-state index in [0.717, 1.165) is 44.7 Å². The number of nitrogens with one attached hydrogen (secondary N) is 3. The third-order valence-corrected chi connectivity index (χ3v) is 6.50. The normalized spacial score (nSPS) is 14.2. The Labute approximate surface area is 201 Å². The number of carbonyl (C=O) groups excluding carboxylic acids is 1. The van der Waals surface area contributed by atoms with E-state index in [-0.39, 0.29) is 11.6 Å². The number of hydrogen-bond donors (Lipinski definition) is 3. The molecule has 34 heavy (non-hydrogen) atoms. The second-order valence-electron chi connectivity index (χ2n) is 9.37. The maximum atomic E-state index is 12.5. The fraction of sp³-hybridized carbons (Fsp3) is 0.280. The summed E-state index contributed by atoms with van der Waals surface area (Å²) >= 11 is 1.58. The van der Waals surface area contributed by atoms with E-state index >= 15 is 0 Å². The number of benzene rings is 1. The van der Waals surface area contributed by atoms with Crippen molar-refractivity contribution in [1.82, 2.24) is 25.2 Å². The van der Waals surface area contributed by atoms with Gasteiger partial charge in [-0.1, -0.05) is 6.08 Å². The minimum atomic E-state index is -0.268. The van der Waals surface area contributed by atoms with Crippen LogP contribution in [0.4, 0.5) is 16.2 Å². The van der Waals surface area contributed by atoms with Crippen LogP contribution in [0.5, 0.6) is 0 Å². The van der Waals surface area contributed by atoms with Gasteiger partial charge in [-0.2, -0.15) is 5.26 Å². The maximum absolute atomic E-state index is 12.5. The molecule has 0 radical (unpaired) electrons. The highest BCUT2D eigenvalue weighted by Gasteiger charge is 2.23. The molecule has 9 heteroatoms. The number of anilines is 2. The minimum absolute atomic E-state index is 0.0517. The predicted octanol–water partition coefficient (Wildman–Crippen LogP) is 5.39. The molecule has 1 aliphatic rings. The standard InChI is InChI=1S/C25H25N7OS/c1-25(2,3)31-24(33)32-8-6-15(7-9-32)20-11-18-22(16(12-26)13-27-23(18)30-20)29-17-4-5-19-21(10-17)34-14-28-19/h4-6,10-11,13-14H,7-9H2,1-3H3,(H,31,33)(H2,27,29,30). The number of H-pyrrole nitrogens is 1. The van der Waals surface area contributed by atoms with E-state index in [1.54, 1.807) is 17.5 Å². The van der Waals surface area contributed by atoms with Gasteiger partial charge < -0.3 is 20.5 Å². The second kappa shape index (κ2) is 8.47. The molecule has 4 heterocycles. The second-order valence-corrected chi connectivity index (χ2v) is 10.3. The number of amides is 2. The molecule has 4 aromatic rings. The molecule has 172 valence electrons. The number of urea groups is 1. The molecule has 2 amide bonds. The van der Waals surface area contributed by atoms with Crippen LogP contribution in [0, 0.1) is 11.3 Å². The summed E-state index contributed by atoms with van der Waals surface area (Å²) in [5.41, 5.74) is 7.40. The van der Waals surface area contributed by atoms with Gasteiger partial charge >= 0.3 is 6.03 Å². The first-order valence-electron chi connectivity index (χ1n) is 11.1. The summed E-state index contributed by atoms with van der Waals surface area (Å²) in [4.78, 5) is 26.5. The summed E-state index contributed by atoms with van der Waals surface area (Å²) in [7, 11) is 0. The Morgan fingerprint density at radius 1 is 1.26 bits per heavy atom. The Bertz CT molecular complexity index is 1470. The van der Waals surface area contributed by atoms with Gasteiger partial charge in [-0.05, 0) is 57.0 Å². The third kappa shape index (κ3) is 4.32. The molecule has 3 aromatic heterocycles. The summed E-state index contributed by atoms with van der Waals surface area (Å²) in [6, 6.07) is 10.2. The zero-order valence-electron chi connectivity index (χ0n) is 19.3. The Morgan fingerprint density at radius 3 is 2.85 bits per heavy atom. The van der Waals surface area contributed by atoms with Gasteiger partial charge in [0.2, 0.25) is 0 Å². The van der Waals surface area contributed by atoms with E-state index < -0.39 is 0 Å². The highest BCUT2D eigenvalue weighted by atomic mass is 32.1. The molecule has 3 N–H and O–H groups in total. The lowest BCUT2D eigenvalue weighted by Crippen LogP contribution is -2.49. The van der Waals surface area contributed by atoms with Crippen molar-refractivity contribution in [2.24, 2.45) is 0 Å². The van der Waals surface area contributed by atoms with Gasteiger partial charge in [0.25, 0.3) is 0 Å². The Balaban J connectivity index is 1.43. The number of carbonyl (C=O) groups is 1. The van der Waals surface area contributed by atoms with Gasteiger partial charge in [0.1, 0.15) is 11.7 Å². The molecule has 0 spiro atoms. The molecule has 0 unspecified atom stereocenters. The van der Waals surface area contributed by atoms with Gasteiger partial charge in [-0.25, -0.2) is 14.8 Å². The summed E-state index contributed by atoms with van der Waals surface area (Å²) in [5, 5.41) is 17.0. The van der Waals surface area contributed by atoms with Crippen molar-refractivity contribution in [3.05, 3.63) is 53.3 Å². The molecule has 0 saturated heterocycles. The molecular weight excluding hydrogens is 446 g/mol. The molecule has 0 atom stereocenters. The Hall–Kier alpha value is -3.90. The largest absolute Gasteiger partial charge is 0.354 e.